The topological polar surface area (TPSA) is 134 Å². The van der Waals surface area contributed by atoms with Crippen molar-refractivity contribution in [3.63, 3.8) is 0 Å². The zero-order chi connectivity index (χ0) is 31.4. The fourth-order valence-electron chi connectivity index (χ4n) is 5.09. The molecule has 1 aliphatic heterocycles. The van der Waals surface area contributed by atoms with Gasteiger partial charge in [-0.15, -0.1) is 0 Å². The van der Waals surface area contributed by atoms with Gasteiger partial charge in [-0.25, -0.2) is 9.59 Å². The first-order valence-electron chi connectivity index (χ1n) is 14.1. The van der Waals surface area contributed by atoms with Crippen LogP contribution in [0.15, 0.2) is 76.2 Å². The molecule has 0 aliphatic carbocycles. The third kappa shape index (κ3) is 8.26. The minimum atomic E-state index is -1.07. The summed E-state index contributed by atoms with van der Waals surface area (Å²) in [6, 6.07) is 17.4. The number of thioether (sulfide) groups is 1. The van der Waals surface area contributed by atoms with E-state index in [0.29, 0.717) is 37.0 Å². The number of aromatic hydroxyl groups is 2. The SMILES string of the molecule is Cc1cc(SC2=C(O)CC(CCc3ccc(O)cc3)(CCc3ccc(O)cc3)OC2=O)c(C(C)(C)C)cc1OCC(=O)O. The van der Waals surface area contributed by atoms with E-state index in [1.165, 1.54) is 0 Å². The second-order valence-corrected chi connectivity index (χ2v) is 13.1. The Morgan fingerprint density at radius 3 is 1.93 bits per heavy atom. The molecule has 4 N–H and O–H groups in total. The quantitative estimate of drug-likeness (QED) is 0.171. The van der Waals surface area contributed by atoms with Crippen LogP contribution in [-0.4, -0.2) is 44.6 Å². The van der Waals surface area contributed by atoms with Crippen molar-refractivity contribution in [1.82, 2.24) is 0 Å². The van der Waals surface area contributed by atoms with Gasteiger partial charge in [-0.1, -0.05) is 56.8 Å². The van der Waals surface area contributed by atoms with Crippen LogP contribution in [0.1, 0.15) is 62.3 Å². The maximum absolute atomic E-state index is 13.6. The molecule has 1 aliphatic rings. The number of hydrogen-bond acceptors (Lipinski definition) is 8. The van der Waals surface area contributed by atoms with Crippen molar-refractivity contribution >= 4 is 23.7 Å². The molecule has 0 amide bonds. The average Bonchev–Trinajstić information content (AvgIpc) is 2.93. The summed E-state index contributed by atoms with van der Waals surface area (Å²) in [4.78, 5) is 25.5. The normalized spacial score (nSPS) is 14.8. The highest BCUT2D eigenvalue weighted by molar-refractivity contribution is 8.04. The van der Waals surface area contributed by atoms with E-state index in [2.05, 4.69) is 0 Å². The number of carboxylic acids is 1. The number of hydrogen-bond donors (Lipinski definition) is 4. The highest BCUT2D eigenvalue weighted by atomic mass is 32.2. The molecule has 0 saturated heterocycles. The highest BCUT2D eigenvalue weighted by Gasteiger charge is 2.42. The number of cyclic esters (lactones) is 1. The molecular weight excluding hydrogens is 568 g/mol. The number of aliphatic hydroxyl groups excluding tert-OH is 1. The molecule has 3 aromatic rings. The van der Waals surface area contributed by atoms with Crippen molar-refractivity contribution in [3.8, 4) is 17.2 Å². The summed E-state index contributed by atoms with van der Waals surface area (Å²) in [5.74, 6) is -0.930. The fourth-order valence-corrected chi connectivity index (χ4v) is 6.34. The lowest BCUT2D eigenvalue weighted by Crippen LogP contribution is -2.41. The van der Waals surface area contributed by atoms with Crippen molar-refractivity contribution in [2.45, 2.75) is 75.7 Å². The van der Waals surface area contributed by atoms with Crippen LogP contribution >= 0.6 is 11.8 Å². The van der Waals surface area contributed by atoms with Gasteiger partial charge in [-0.2, -0.15) is 0 Å². The fraction of sp³-hybridized carbons (Fsp3) is 0.353. The Hall–Kier alpha value is -4.11. The maximum atomic E-state index is 13.6. The number of ether oxygens (including phenoxy) is 2. The molecule has 1 heterocycles. The van der Waals surface area contributed by atoms with Gasteiger partial charge >= 0.3 is 11.9 Å². The molecule has 8 nitrogen and oxygen atoms in total. The van der Waals surface area contributed by atoms with Crippen molar-refractivity contribution in [2.24, 2.45) is 0 Å². The molecule has 0 fully saturated rings. The van der Waals surface area contributed by atoms with Crippen LogP contribution in [0.4, 0.5) is 0 Å². The van der Waals surface area contributed by atoms with Crippen LogP contribution in [0.5, 0.6) is 17.2 Å². The lowest BCUT2D eigenvalue weighted by Gasteiger charge is -2.37. The largest absolute Gasteiger partial charge is 0.511 e. The van der Waals surface area contributed by atoms with Crippen LogP contribution < -0.4 is 4.74 Å². The number of aliphatic hydroxyl groups is 1. The Labute approximate surface area is 256 Å². The molecule has 4 rings (SSSR count). The Kier molecular flexibility index (Phi) is 9.65. The molecule has 43 heavy (non-hydrogen) atoms. The molecule has 0 radical (unpaired) electrons. The maximum Gasteiger partial charge on any atom is 0.349 e. The summed E-state index contributed by atoms with van der Waals surface area (Å²) in [5.41, 5.74) is 2.16. The van der Waals surface area contributed by atoms with Crippen molar-refractivity contribution < 1.29 is 39.5 Å². The van der Waals surface area contributed by atoms with Crippen LogP contribution in [0.25, 0.3) is 0 Å². The van der Waals surface area contributed by atoms with Gasteiger partial charge in [0.1, 0.15) is 33.5 Å². The number of aryl methyl sites for hydroxylation is 3. The Balaban J connectivity index is 1.63. The number of carboxylic acid groups (broad SMARTS) is 1. The third-order valence-electron chi connectivity index (χ3n) is 7.51. The first-order chi connectivity index (χ1) is 20.2. The standard InChI is InChI=1S/C34H38O8S/c1-21-17-29(26(33(2,3)4)18-28(21)41-20-30(38)39)43-31-27(37)19-34(42-32(31)40,15-13-22-5-9-24(35)10-6-22)16-14-23-7-11-25(36)12-8-23/h5-12,17-18,35-37H,13-16,19-20H2,1-4H3,(H,38,39). The van der Waals surface area contributed by atoms with Crippen molar-refractivity contribution in [2.75, 3.05) is 6.61 Å². The minimum absolute atomic E-state index is 0.0404. The molecule has 3 aromatic carbocycles. The lowest BCUT2D eigenvalue weighted by molar-refractivity contribution is -0.159. The van der Waals surface area contributed by atoms with Gasteiger partial charge in [0, 0.05) is 11.3 Å². The number of phenolic OH excluding ortho intramolecular Hbond substituents is 2. The Bertz CT molecular complexity index is 1450. The Morgan fingerprint density at radius 1 is 0.930 bits per heavy atom. The van der Waals surface area contributed by atoms with Gasteiger partial charge in [-0.05, 0) is 96.7 Å². The Morgan fingerprint density at radius 2 is 1.47 bits per heavy atom. The first-order valence-corrected chi connectivity index (χ1v) is 15.0. The third-order valence-corrected chi connectivity index (χ3v) is 8.67. The molecule has 0 aromatic heterocycles. The van der Waals surface area contributed by atoms with Crippen LogP contribution in [0, 0.1) is 6.92 Å². The number of carbonyl (C=O) groups is 2. The van der Waals surface area contributed by atoms with Gasteiger partial charge in [-0.3, -0.25) is 0 Å². The molecule has 0 spiro atoms. The van der Waals surface area contributed by atoms with E-state index in [0.717, 1.165) is 33.3 Å². The van der Waals surface area contributed by atoms with Gasteiger partial charge < -0.3 is 29.9 Å². The number of phenols is 2. The van der Waals surface area contributed by atoms with Gasteiger partial charge in [0.15, 0.2) is 6.61 Å². The van der Waals surface area contributed by atoms with E-state index < -0.39 is 24.1 Å². The second-order valence-electron chi connectivity index (χ2n) is 12.0. The monoisotopic (exact) mass is 606 g/mol. The number of esters is 1. The molecule has 9 heteroatoms. The smallest absolute Gasteiger partial charge is 0.349 e. The van der Waals surface area contributed by atoms with Crippen LogP contribution in [0.3, 0.4) is 0 Å². The van der Waals surface area contributed by atoms with Crippen LogP contribution in [0.2, 0.25) is 0 Å². The zero-order valence-electron chi connectivity index (χ0n) is 24.8. The van der Waals surface area contributed by atoms with E-state index in [-0.39, 0.29) is 34.0 Å². The molecular formula is C34H38O8S. The van der Waals surface area contributed by atoms with E-state index in [1.54, 1.807) is 37.3 Å². The molecule has 0 saturated carbocycles. The number of aliphatic carboxylic acids is 1. The number of benzene rings is 3. The predicted molar refractivity (Wildman–Crippen MR) is 165 cm³/mol. The van der Waals surface area contributed by atoms with Gasteiger partial charge in [0.2, 0.25) is 0 Å². The van der Waals surface area contributed by atoms with Gasteiger partial charge in [0.05, 0.1) is 0 Å². The lowest BCUT2D eigenvalue weighted by atomic mass is 9.84. The minimum Gasteiger partial charge on any atom is -0.511 e. The summed E-state index contributed by atoms with van der Waals surface area (Å²) in [7, 11) is 0. The van der Waals surface area contributed by atoms with E-state index >= 15 is 0 Å². The highest BCUT2D eigenvalue weighted by Crippen LogP contribution is 2.45. The molecule has 0 atom stereocenters. The molecule has 0 unspecified atom stereocenters. The zero-order valence-corrected chi connectivity index (χ0v) is 25.7. The van der Waals surface area contributed by atoms with E-state index in [4.69, 9.17) is 14.6 Å². The summed E-state index contributed by atoms with van der Waals surface area (Å²) in [6.07, 6.45) is 2.21. The molecule has 228 valence electrons. The van der Waals surface area contributed by atoms with E-state index in [1.807, 2.05) is 51.1 Å². The number of rotatable bonds is 11. The predicted octanol–water partition coefficient (Wildman–Crippen LogP) is 6.98. The average molecular weight is 607 g/mol. The summed E-state index contributed by atoms with van der Waals surface area (Å²) in [5, 5.41) is 39.8. The van der Waals surface area contributed by atoms with Crippen molar-refractivity contribution in [3.05, 3.63) is 93.6 Å². The summed E-state index contributed by atoms with van der Waals surface area (Å²) < 4.78 is 11.7. The summed E-state index contributed by atoms with van der Waals surface area (Å²) in [6.45, 7) is 7.36. The van der Waals surface area contributed by atoms with Crippen LogP contribution in [-0.2, 0) is 32.6 Å². The van der Waals surface area contributed by atoms with E-state index in [9.17, 15) is 24.9 Å². The number of carbonyl (C=O) groups excluding carboxylic acids is 1. The summed E-state index contributed by atoms with van der Waals surface area (Å²) >= 11 is 1.14. The molecule has 0 bridgehead atoms. The van der Waals surface area contributed by atoms with Crippen molar-refractivity contribution in [1.29, 1.82) is 0 Å². The second kappa shape index (κ2) is 13.0. The first kappa shape index (κ1) is 31.8. The van der Waals surface area contributed by atoms with Gasteiger partial charge in [0.25, 0.3) is 0 Å².